The van der Waals surface area contributed by atoms with Gasteiger partial charge in [-0.15, -0.1) is 0 Å². The lowest BCUT2D eigenvalue weighted by molar-refractivity contribution is -0.136. The van der Waals surface area contributed by atoms with Gasteiger partial charge in [0.1, 0.15) is 6.04 Å². The summed E-state index contributed by atoms with van der Waals surface area (Å²) in [5, 5.41) is 0. The molecular formula is C27H26N2O7S. The maximum atomic E-state index is 13.9. The molecule has 0 unspecified atom stereocenters. The molecule has 5 rings (SSSR count). The number of ether oxygens (including phenoxy) is 5. The van der Waals surface area contributed by atoms with Crippen molar-refractivity contribution in [2.75, 3.05) is 27.6 Å². The van der Waals surface area contributed by atoms with Gasteiger partial charge in [0, 0.05) is 5.56 Å². The van der Waals surface area contributed by atoms with Crippen LogP contribution in [0, 0.1) is 0 Å². The van der Waals surface area contributed by atoms with Gasteiger partial charge in [0.15, 0.2) is 27.8 Å². The SMILES string of the molecule is CCCOc1c(OC)cccc1[C@@H]1C(C(=O)OC)=C(C)N=c2sc(=Cc3ccc4c(c3)OCO4)c(=O)n21. The van der Waals surface area contributed by atoms with Gasteiger partial charge >= 0.3 is 5.97 Å². The highest BCUT2D eigenvalue weighted by atomic mass is 32.1. The molecule has 0 saturated heterocycles. The number of carbonyl (C=O) groups is 1. The first kappa shape index (κ1) is 24.6. The zero-order chi connectivity index (χ0) is 26.1. The number of hydrogen-bond acceptors (Lipinski definition) is 9. The largest absolute Gasteiger partial charge is 0.493 e. The first-order chi connectivity index (χ1) is 18.0. The molecule has 0 spiro atoms. The van der Waals surface area contributed by atoms with Crippen molar-refractivity contribution in [3.8, 4) is 23.0 Å². The van der Waals surface area contributed by atoms with E-state index in [1.807, 2.05) is 25.1 Å². The van der Waals surface area contributed by atoms with Crippen molar-refractivity contribution in [1.82, 2.24) is 4.57 Å². The predicted molar refractivity (Wildman–Crippen MR) is 137 cm³/mol. The zero-order valence-corrected chi connectivity index (χ0v) is 21.7. The Hall–Kier alpha value is -4.05. The second-order valence-corrected chi connectivity index (χ2v) is 9.42. The van der Waals surface area contributed by atoms with Gasteiger partial charge in [0.25, 0.3) is 5.56 Å². The smallest absolute Gasteiger partial charge is 0.338 e. The van der Waals surface area contributed by atoms with Crippen molar-refractivity contribution < 1.29 is 28.5 Å². The van der Waals surface area contributed by atoms with Crippen molar-refractivity contribution >= 4 is 23.4 Å². The van der Waals surface area contributed by atoms with E-state index in [0.29, 0.717) is 50.2 Å². The fourth-order valence-electron chi connectivity index (χ4n) is 4.41. The van der Waals surface area contributed by atoms with Gasteiger partial charge in [0.05, 0.1) is 36.6 Å². The van der Waals surface area contributed by atoms with Gasteiger partial charge in [-0.1, -0.05) is 36.5 Å². The Labute approximate surface area is 216 Å². The Balaban J connectivity index is 1.73. The quantitative estimate of drug-likeness (QED) is 0.440. The highest BCUT2D eigenvalue weighted by molar-refractivity contribution is 7.07. The van der Waals surface area contributed by atoms with Crippen molar-refractivity contribution in [2.45, 2.75) is 26.3 Å². The van der Waals surface area contributed by atoms with Crippen LogP contribution >= 0.6 is 11.3 Å². The summed E-state index contributed by atoms with van der Waals surface area (Å²) in [6.07, 6.45) is 2.55. The number of thiazole rings is 1. The first-order valence-electron chi connectivity index (χ1n) is 11.8. The van der Waals surface area contributed by atoms with Crippen LogP contribution in [0.5, 0.6) is 23.0 Å². The van der Waals surface area contributed by atoms with Gasteiger partial charge in [-0.2, -0.15) is 0 Å². The van der Waals surface area contributed by atoms with Crippen LogP contribution in [0.3, 0.4) is 0 Å². The average molecular weight is 523 g/mol. The number of para-hydroxylation sites is 1. The minimum absolute atomic E-state index is 0.166. The Morgan fingerprint density at radius 2 is 2.03 bits per heavy atom. The van der Waals surface area contributed by atoms with Crippen LogP contribution in [0.2, 0.25) is 0 Å². The Kier molecular flexibility index (Phi) is 6.75. The topological polar surface area (TPSA) is 97.6 Å². The summed E-state index contributed by atoms with van der Waals surface area (Å²) in [5.41, 5.74) is 1.84. The maximum Gasteiger partial charge on any atom is 0.338 e. The lowest BCUT2D eigenvalue weighted by Crippen LogP contribution is -2.40. The van der Waals surface area contributed by atoms with E-state index < -0.39 is 12.0 Å². The molecule has 0 N–H and O–H groups in total. The van der Waals surface area contributed by atoms with Crippen LogP contribution in [-0.2, 0) is 9.53 Å². The summed E-state index contributed by atoms with van der Waals surface area (Å²) in [6.45, 7) is 4.34. The van der Waals surface area contributed by atoms with E-state index in [9.17, 15) is 9.59 Å². The van der Waals surface area contributed by atoms with Gasteiger partial charge in [-0.3, -0.25) is 9.36 Å². The first-order valence-corrected chi connectivity index (χ1v) is 12.6. The molecule has 3 aromatic rings. The van der Waals surface area contributed by atoms with Crippen LogP contribution in [0.25, 0.3) is 6.08 Å². The summed E-state index contributed by atoms with van der Waals surface area (Å²) in [5.74, 6) is 1.69. The molecule has 1 aromatic heterocycles. The molecule has 10 heteroatoms. The molecule has 0 fully saturated rings. The molecule has 9 nitrogen and oxygen atoms in total. The number of hydrogen-bond donors (Lipinski definition) is 0. The molecule has 0 saturated carbocycles. The summed E-state index contributed by atoms with van der Waals surface area (Å²) in [6, 6.07) is 10.1. The van der Waals surface area contributed by atoms with E-state index in [2.05, 4.69) is 4.99 Å². The molecule has 192 valence electrons. The van der Waals surface area contributed by atoms with Crippen molar-refractivity contribution in [2.24, 2.45) is 4.99 Å². The number of nitrogens with zero attached hydrogens (tertiary/aromatic N) is 2. The van der Waals surface area contributed by atoms with E-state index >= 15 is 0 Å². The van der Waals surface area contributed by atoms with Crippen molar-refractivity contribution in [3.63, 3.8) is 0 Å². The molecule has 0 amide bonds. The van der Waals surface area contributed by atoms with Gasteiger partial charge in [-0.05, 0) is 43.2 Å². The third-order valence-corrected chi connectivity index (χ3v) is 7.08. The summed E-state index contributed by atoms with van der Waals surface area (Å²) >= 11 is 1.25. The lowest BCUT2D eigenvalue weighted by atomic mass is 9.94. The number of allylic oxidation sites excluding steroid dienone is 1. The molecule has 0 aliphatic carbocycles. The third kappa shape index (κ3) is 4.37. The number of fused-ring (bicyclic) bond motifs is 2. The maximum absolute atomic E-state index is 13.9. The third-order valence-electron chi connectivity index (χ3n) is 6.10. The van der Waals surface area contributed by atoms with Crippen LogP contribution in [0.1, 0.15) is 37.4 Å². The molecule has 0 bridgehead atoms. The average Bonchev–Trinajstić information content (AvgIpc) is 3.49. The van der Waals surface area contributed by atoms with Gasteiger partial charge < -0.3 is 23.7 Å². The molecule has 2 aliphatic rings. The van der Waals surface area contributed by atoms with E-state index in [-0.39, 0.29) is 17.9 Å². The highest BCUT2D eigenvalue weighted by Crippen LogP contribution is 2.41. The second kappa shape index (κ2) is 10.1. The van der Waals surface area contributed by atoms with Crippen molar-refractivity contribution in [3.05, 3.63) is 78.5 Å². The number of rotatable bonds is 7. The Morgan fingerprint density at radius 1 is 1.22 bits per heavy atom. The fraction of sp³-hybridized carbons (Fsp3) is 0.296. The minimum Gasteiger partial charge on any atom is -0.493 e. The number of carbonyl (C=O) groups excluding carboxylic acids is 1. The van der Waals surface area contributed by atoms with Crippen molar-refractivity contribution in [1.29, 1.82) is 0 Å². The summed E-state index contributed by atoms with van der Waals surface area (Å²) in [4.78, 5) is 31.9. The number of methoxy groups -OCH3 is 2. The highest BCUT2D eigenvalue weighted by Gasteiger charge is 2.35. The van der Waals surface area contributed by atoms with E-state index in [0.717, 1.165) is 12.0 Å². The molecular weight excluding hydrogens is 496 g/mol. The standard InChI is InChI=1S/C27H26N2O7S/c1-5-11-34-24-17(7-6-8-19(24)32-3)23-22(26(31)33-4)15(2)28-27-29(23)25(30)21(37-27)13-16-9-10-18-20(12-16)36-14-35-18/h6-10,12-13,23H,5,11,14H2,1-4H3/t23-/m1/s1. The number of benzene rings is 2. The van der Waals surface area contributed by atoms with Crippen LogP contribution in [-0.4, -0.2) is 38.2 Å². The second-order valence-electron chi connectivity index (χ2n) is 8.41. The Morgan fingerprint density at radius 3 is 2.78 bits per heavy atom. The van der Waals surface area contributed by atoms with Gasteiger partial charge in [0.2, 0.25) is 6.79 Å². The monoisotopic (exact) mass is 522 g/mol. The minimum atomic E-state index is -0.815. The molecule has 2 aliphatic heterocycles. The predicted octanol–water partition coefficient (Wildman–Crippen LogP) is 2.93. The molecule has 1 atom stereocenters. The molecule has 0 radical (unpaired) electrons. The number of esters is 1. The zero-order valence-electron chi connectivity index (χ0n) is 20.9. The summed E-state index contributed by atoms with van der Waals surface area (Å²) in [7, 11) is 2.86. The van der Waals surface area contributed by atoms with Gasteiger partial charge in [-0.25, -0.2) is 9.79 Å². The molecule has 3 heterocycles. The van der Waals surface area contributed by atoms with E-state index in [4.69, 9.17) is 23.7 Å². The van der Waals surface area contributed by atoms with Crippen LogP contribution < -0.4 is 33.8 Å². The van der Waals surface area contributed by atoms with Crippen LogP contribution in [0.15, 0.2) is 57.5 Å². The van der Waals surface area contributed by atoms with Crippen LogP contribution in [0.4, 0.5) is 0 Å². The molecule has 37 heavy (non-hydrogen) atoms. The normalized spacial score (nSPS) is 16.3. The fourth-order valence-corrected chi connectivity index (χ4v) is 5.46. The number of aromatic nitrogens is 1. The van der Waals surface area contributed by atoms with E-state index in [1.165, 1.54) is 23.0 Å². The summed E-state index contributed by atoms with van der Waals surface area (Å²) < 4.78 is 29.6. The Bertz CT molecular complexity index is 1580. The lowest BCUT2D eigenvalue weighted by Gasteiger charge is -2.26. The molecule has 2 aromatic carbocycles. The van der Waals surface area contributed by atoms with E-state index in [1.54, 1.807) is 38.3 Å².